The Morgan fingerprint density at radius 1 is 1.25 bits per heavy atom. The van der Waals surface area contributed by atoms with Crippen molar-refractivity contribution < 1.29 is 14.6 Å². The summed E-state index contributed by atoms with van der Waals surface area (Å²) >= 11 is 0. The van der Waals surface area contributed by atoms with Gasteiger partial charge in [-0.1, -0.05) is 12.1 Å². The first kappa shape index (κ1) is 12.2. The number of hydrogen-bond donors (Lipinski definition) is 1. The van der Waals surface area contributed by atoms with E-state index < -0.39 is 0 Å². The van der Waals surface area contributed by atoms with Gasteiger partial charge in [-0.2, -0.15) is 0 Å². The molecule has 2 aromatic carbocycles. The number of phenols is 1. The number of methoxy groups -OCH3 is 1. The summed E-state index contributed by atoms with van der Waals surface area (Å²) in [6, 6.07) is 11.9. The first-order chi connectivity index (χ1) is 9.70. The van der Waals surface area contributed by atoms with Gasteiger partial charge in [0.05, 0.1) is 18.1 Å². The standard InChI is InChI=1S/C15H12N2O3/c1-20-14-8-10(6-7-13(14)18)15(19)17-9-16-11-4-2-3-5-12(11)17/h2-9,18H,1H3. The molecule has 0 radical (unpaired) electrons. The molecule has 0 bridgehead atoms. The van der Waals surface area contributed by atoms with Crippen LogP contribution in [0.4, 0.5) is 0 Å². The summed E-state index contributed by atoms with van der Waals surface area (Å²) in [4.78, 5) is 16.7. The van der Waals surface area contributed by atoms with Crippen molar-refractivity contribution in [1.82, 2.24) is 9.55 Å². The third-order valence-electron chi connectivity index (χ3n) is 3.10. The monoisotopic (exact) mass is 268 g/mol. The maximum atomic E-state index is 12.5. The number of para-hydroxylation sites is 2. The molecule has 0 aliphatic carbocycles. The molecule has 1 heterocycles. The zero-order valence-electron chi connectivity index (χ0n) is 10.8. The molecule has 0 aliphatic heterocycles. The van der Waals surface area contributed by atoms with Gasteiger partial charge in [0, 0.05) is 5.56 Å². The van der Waals surface area contributed by atoms with Crippen LogP contribution in [0.25, 0.3) is 11.0 Å². The van der Waals surface area contributed by atoms with Crippen molar-refractivity contribution >= 4 is 16.9 Å². The lowest BCUT2D eigenvalue weighted by molar-refractivity contribution is 0.0964. The summed E-state index contributed by atoms with van der Waals surface area (Å²) in [5, 5.41) is 9.56. The molecule has 3 rings (SSSR count). The summed E-state index contributed by atoms with van der Waals surface area (Å²) in [5.74, 6) is 0.0387. The van der Waals surface area contributed by atoms with E-state index in [0.29, 0.717) is 5.56 Å². The minimum absolute atomic E-state index is 0.000427. The molecular formula is C15H12N2O3. The van der Waals surface area contributed by atoms with Crippen LogP contribution in [0.1, 0.15) is 10.4 Å². The van der Waals surface area contributed by atoms with Crippen LogP contribution in [0.3, 0.4) is 0 Å². The van der Waals surface area contributed by atoms with Crippen molar-refractivity contribution in [2.45, 2.75) is 0 Å². The second kappa shape index (κ2) is 4.70. The van der Waals surface area contributed by atoms with Gasteiger partial charge in [-0.05, 0) is 30.3 Å². The number of imidazole rings is 1. The summed E-state index contributed by atoms with van der Waals surface area (Å²) in [5.41, 5.74) is 1.92. The number of aromatic nitrogens is 2. The molecular weight excluding hydrogens is 256 g/mol. The van der Waals surface area contributed by atoms with E-state index in [4.69, 9.17) is 4.74 Å². The second-order valence-corrected chi connectivity index (χ2v) is 4.30. The van der Waals surface area contributed by atoms with Crippen LogP contribution in [0, 0.1) is 0 Å². The molecule has 0 saturated carbocycles. The molecule has 1 N–H and O–H groups in total. The lowest BCUT2D eigenvalue weighted by Crippen LogP contribution is -2.10. The van der Waals surface area contributed by atoms with Gasteiger partial charge in [-0.15, -0.1) is 0 Å². The van der Waals surface area contributed by atoms with Crippen LogP contribution in [-0.2, 0) is 0 Å². The minimum Gasteiger partial charge on any atom is -0.504 e. The molecule has 1 aromatic heterocycles. The largest absolute Gasteiger partial charge is 0.504 e. The van der Waals surface area contributed by atoms with Crippen molar-refractivity contribution in [3.63, 3.8) is 0 Å². The molecule has 5 heteroatoms. The lowest BCUT2D eigenvalue weighted by Gasteiger charge is -2.07. The van der Waals surface area contributed by atoms with Gasteiger partial charge in [0.25, 0.3) is 5.91 Å². The van der Waals surface area contributed by atoms with Crippen LogP contribution in [0.15, 0.2) is 48.8 Å². The van der Waals surface area contributed by atoms with Gasteiger partial charge >= 0.3 is 0 Å². The Kier molecular flexibility index (Phi) is 2.87. The Hall–Kier alpha value is -2.82. The zero-order chi connectivity index (χ0) is 14.1. The third kappa shape index (κ3) is 1.89. The Bertz CT molecular complexity index is 793. The third-order valence-corrected chi connectivity index (χ3v) is 3.10. The number of rotatable bonds is 2. The van der Waals surface area contributed by atoms with E-state index >= 15 is 0 Å². The number of ether oxygens (including phenoxy) is 1. The Labute approximate surface area is 115 Å². The van der Waals surface area contributed by atoms with Crippen LogP contribution in [-0.4, -0.2) is 27.7 Å². The number of carbonyl (C=O) groups excluding carboxylic acids is 1. The van der Waals surface area contributed by atoms with Gasteiger partial charge in [-0.25, -0.2) is 4.98 Å². The SMILES string of the molecule is COc1cc(C(=O)n2cnc3ccccc32)ccc1O. The Balaban J connectivity index is 2.08. The number of hydrogen-bond acceptors (Lipinski definition) is 4. The van der Waals surface area contributed by atoms with E-state index in [1.54, 1.807) is 6.07 Å². The Morgan fingerprint density at radius 3 is 2.85 bits per heavy atom. The fourth-order valence-corrected chi connectivity index (χ4v) is 2.07. The van der Waals surface area contributed by atoms with Crippen molar-refractivity contribution in [1.29, 1.82) is 0 Å². The van der Waals surface area contributed by atoms with Crippen LogP contribution in [0.2, 0.25) is 0 Å². The second-order valence-electron chi connectivity index (χ2n) is 4.30. The maximum Gasteiger partial charge on any atom is 0.263 e. The number of phenolic OH excluding ortho intramolecular Hbond substituents is 1. The molecule has 0 fully saturated rings. The van der Waals surface area contributed by atoms with Crippen LogP contribution >= 0.6 is 0 Å². The van der Waals surface area contributed by atoms with Gasteiger partial charge in [0.1, 0.15) is 6.33 Å². The topological polar surface area (TPSA) is 64.4 Å². The number of benzene rings is 2. The molecule has 3 aromatic rings. The van der Waals surface area contributed by atoms with Crippen molar-refractivity contribution in [3.05, 3.63) is 54.4 Å². The van der Waals surface area contributed by atoms with Gasteiger partial charge in [-0.3, -0.25) is 9.36 Å². The quantitative estimate of drug-likeness (QED) is 0.775. The highest BCUT2D eigenvalue weighted by molar-refractivity contribution is 6.01. The van der Waals surface area contributed by atoms with E-state index in [-0.39, 0.29) is 17.4 Å². The highest BCUT2D eigenvalue weighted by Crippen LogP contribution is 2.27. The maximum absolute atomic E-state index is 12.5. The van der Waals surface area contributed by atoms with E-state index in [1.165, 1.54) is 30.1 Å². The highest BCUT2D eigenvalue weighted by Gasteiger charge is 2.14. The summed E-state index contributed by atoms with van der Waals surface area (Å²) in [6.07, 6.45) is 1.49. The molecule has 0 unspecified atom stereocenters. The zero-order valence-corrected chi connectivity index (χ0v) is 10.8. The minimum atomic E-state index is -0.225. The Morgan fingerprint density at radius 2 is 2.05 bits per heavy atom. The van der Waals surface area contributed by atoms with E-state index in [2.05, 4.69) is 4.98 Å². The van der Waals surface area contributed by atoms with Crippen molar-refractivity contribution in [2.24, 2.45) is 0 Å². The number of fused-ring (bicyclic) bond motifs is 1. The average Bonchev–Trinajstić information content (AvgIpc) is 2.91. The van der Waals surface area contributed by atoms with Gasteiger partial charge in [0.15, 0.2) is 11.5 Å². The summed E-state index contributed by atoms with van der Waals surface area (Å²) in [7, 11) is 1.44. The van der Waals surface area contributed by atoms with Crippen LogP contribution in [0.5, 0.6) is 11.5 Å². The summed E-state index contributed by atoms with van der Waals surface area (Å²) < 4.78 is 6.49. The first-order valence-electron chi connectivity index (χ1n) is 6.04. The predicted octanol–water partition coefficient (Wildman–Crippen LogP) is 2.44. The molecule has 5 nitrogen and oxygen atoms in total. The number of aromatic hydroxyl groups is 1. The number of carbonyl (C=O) groups is 1. The fourth-order valence-electron chi connectivity index (χ4n) is 2.07. The van der Waals surface area contributed by atoms with E-state index in [9.17, 15) is 9.90 Å². The smallest absolute Gasteiger partial charge is 0.263 e. The average molecular weight is 268 g/mol. The van der Waals surface area contributed by atoms with Crippen molar-refractivity contribution in [3.8, 4) is 11.5 Å². The van der Waals surface area contributed by atoms with Crippen LogP contribution < -0.4 is 4.74 Å². The fraction of sp³-hybridized carbons (Fsp3) is 0.0667. The van der Waals surface area contributed by atoms with E-state index in [0.717, 1.165) is 11.0 Å². The van der Waals surface area contributed by atoms with Crippen molar-refractivity contribution in [2.75, 3.05) is 7.11 Å². The molecule has 0 spiro atoms. The summed E-state index contributed by atoms with van der Waals surface area (Å²) in [6.45, 7) is 0. The van der Waals surface area contributed by atoms with E-state index in [1.807, 2.05) is 24.3 Å². The number of nitrogens with zero attached hydrogens (tertiary/aromatic N) is 2. The molecule has 100 valence electrons. The molecule has 0 amide bonds. The molecule has 0 saturated heterocycles. The highest BCUT2D eigenvalue weighted by atomic mass is 16.5. The van der Waals surface area contributed by atoms with Gasteiger partial charge in [0.2, 0.25) is 0 Å². The molecule has 0 aliphatic rings. The first-order valence-corrected chi connectivity index (χ1v) is 6.04. The lowest BCUT2D eigenvalue weighted by atomic mass is 10.2. The van der Waals surface area contributed by atoms with Gasteiger partial charge < -0.3 is 9.84 Å². The predicted molar refractivity (Wildman–Crippen MR) is 74.1 cm³/mol. The molecule has 20 heavy (non-hydrogen) atoms. The molecule has 0 atom stereocenters. The normalized spacial score (nSPS) is 10.7.